The fourth-order valence-electron chi connectivity index (χ4n) is 5.83. The van der Waals surface area contributed by atoms with E-state index in [0.717, 1.165) is 53.0 Å². The van der Waals surface area contributed by atoms with Crippen LogP contribution in [0, 0.1) is 0 Å². The van der Waals surface area contributed by atoms with Crippen molar-refractivity contribution in [2.75, 3.05) is 30.1 Å². The van der Waals surface area contributed by atoms with Crippen LogP contribution in [0.1, 0.15) is 44.8 Å². The predicted octanol–water partition coefficient (Wildman–Crippen LogP) is 7.43. The first-order chi connectivity index (χ1) is 22.4. The lowest BCUT2D eigenvalue weighted by atomic mass is 9.96. The molecule has 1 aliphatic rings. The molecule has 0 aliphatic heterocycles. The number of rotatable bonds is 9. The van der Waals surface area contributed by atoms with Crippen molar-refractivity contribution in [3.8, 4) is 0 Å². The van der Waals surface area contributed by atoms with E-state index in [0.29, 0.717) is 11.3 Å². The molecule has 0 unspecified atom stereocenters. The minimum absolute atomic E-state index is 0.0490. The van der Waals surface area contributed by atoms with Gasteiger partial charge in [0.05, 0.1) is 11.3 Å². The molecule has 6 rings (SSSR count). The van der Waals surface area contributed by atoms with Gasteiger partial charge in [0.25, 0.3) is 11.8 Å². The number of amides is 2. The molecule has 0 fully saturated rings. The van der Waals surface area contributed by atoms with Gasteiger partial charge in [-0.1, -0.05) is 54.6 Å². The number of aromatic nitrogens is 1. The maximum Gasteiger partial charge on any atom is 0.272 e. The van der Waals surface area contributed by atoms with Crippen LogP contribution < -0.4 is 15.5 Å². The molecule has 0 atom stereocenters. The van der Waals surface area contributed by atoms with Crippen molar-refractivity contribution < 1.29 is 14.4 Å². The number of hydrogen-bond acceptors (Lipinski definition) is 5. The van der Waals surface area contributed by atoms with Crippen molar-refractivity contribution in [2.45, 2.75) is 30.6 Å². The Labute approximate surface area is 273 Å². The average Bonchev–Trinajstić information content (AvgIpc) is 3.42. The van der Waals surface area contributed by atoms with Crippen LogP contribution in [0.5, 0.6) is 0 Å². The van der Waals surface area contributed by atoms with Gasteiger partial charge in [-0.05, 0) is 91.4 Å². The minimum Gasteiger partial charge on any atom is -0.378 e. The summed E-state index contributed by atoms with van der Waals surface area (Å²) in [6, 6.07) is 32.1. The number of nitrogens with zero attached hydrogens (tertiary/aromatic N) is 2. The molecule has 1 aliphatic carbocycles. The molecule has 4 aromatic carbocycles. The molecule has 0 spiro atoms. The molecular weight excluding hydrogens is 593 g/mol. The number of hydrogen-bond donors (Lipinski definition) is 2. The van der Waals surface area contributed by atoms with Crippen LogP contribution in [0.4, 0.5) is 11.4 Å². The van der Waals surface area contributed by atoms with Crippen molar-refractivity contribution in [1.82, 2.24) is 9.88 Å². The number of carbonyl (C=O) groups excluding carboxylic acids is 3. The van der Waals surface area contributed by atoms with E-state index in [-0.39, 0.29) is 23.3 Å². The zero-order valence-electron chi connectivity index (χ0n) is 26.0. The molecule has 8 heteroatoms. The zero-order chi connectivity index (χ0) is 32.0. The third-order valence-electron chi connectivity index (χ3n) is 8.13. The predicted molar refractivity (Wildman–Crippen MR) is 188 cm³/mol. The standard InChI is InChI=1S/C38H36N4O3S/c1-41(2)29-21-19-26(20-22-29)23-33(40-37(44)27-11-4-3-5-12-27)38(45)39-28-13-10-14-30(24-28)46-25-36(43)42-34-17-8-6-15-31(34)32-16-7-9-18-35(32)42/h3-6,8,10-15,17,19-24H,7,9,16,18,25H2,1-2H3,(H,39,45)(H,40,44)/b33-23-. The molecule has 2 N–H and O–H groups in total. The van der Waals surface area contributed by atoms with Gasteiger partial charge in [-0.2, -0.15) is 0 Å². The van der Waals surface area contributed by atoms with Gasteiger partial charge < -0.3 is 15.5 Å². The van der Waals surface area contributed by atoms with E-state index in [1.807, 2.05) is 90.3 Å². The summed E-state index contributed by atoms with van der Waals surface area (Å²) in [5.41, 5.74) is 6.35. The van der Waals surface area contributed by atoms with Gasteiger partial charge in [-0.3, -0.25) is 19.0 Å². The SMILES string of the molecule is CN(C)c1ccc(/C=C(\NC(=O)c2ccccc2)C(=O)Nc2cccc(SCC(=O)n3c4c(c5ccccc53)CCCC4)c2)cc1. The van der Waals surface area contributed by atoms with Crippen molar-refractivity contribution >= 4 is 57.8 Å². The van der Waals surface area contributed by atoms with Crippen LogP contribution in [0.15, 0.2) is 114 Å². The van der Waals surface area contributed by atoms with Gasteiger partial charge in [-0.25, -0.2) is 0 Å². The average molecular weight is 629 g/mol. The Morgan fingerprint density at radius 3 is 2.37 bits per heavy atom. The van der Waals surface area contributed by atoms with Gasteiger partial charge >= 0.3 is 0 Å². The van der Waals surface area contributed by atoms with Gasteiger partial charge in [0.1, 0.15) is 5.70 Å². The van der Waals surface area contributed by atoms with Gasteiger partial charge in [0.2, 0.25) is 5.91 Å². The first kappa shape index (κ1) is 30.9. The maximum absolute atomic E-state index is 13.6. The summed E-state index contributed by atoms with van der Waals surface area (Å²) >= 11 is 1.44. The van der Waals surface area contributed by atoms with Crippen molar-refractivity contribution in [3.63, 3.8) is 0 Å². The van der Waals surface area contributed by atoms with Crippen LogP contribution in [-0.2, 0) is 17.6 Å². The van der Waals surface area contributed by atoms with E-state index < -0.39 is 5.91 Å². The lowest BCUT2D eigenvalue weighted by Crippen LogP contribution is -2.30. The molecular formula is C38H36N4O3S. The first-order valence-electron chi connectivity index (χ1n) is 15.4. The molecule has 0 saturated heterocycles. The number of nitrogens with one attached hydrogen (secondary N) is 2. The van der Waals surface area contributed by atoms with Crippen molar-refractivity contribution in [3.05, 3.63) is 131 Å². The Bertz CT molecular complexity index is 1930. The van der Waals surface area contributed by atoms with Crippen LogP contribution in [-0.4, -0.2) is 42.1 Å². The Balaban J connectivity index is 1.19. The second-order valence-electron chi connectivity index (χ2n) is 11.5. The highest BCUT2D eigenvalue weighted by Gasteiger charge is 2.23. The monoisotopic (exact) mass is 628 g/mol. The van der Waals surface area contributed by atoms with Crippen LogP contribution in [0.25, 0.3) is 17.0 Å². The van der Waals surface area contributed by atoms with Crippen LogP contribution in [0.3, 0.4) is 0 Å². The highest BCUT2D eigenvalue weighted by Crippen LogP contribution is 2.33. The third kappa shape index (κ3) is 6.92. The largest absolute Gasteiger partial charge is 0.378 e. The van der Waals surface area contributed by atoms with Gasteiger partial charge in [-0.15, -0.1) is 11.8 Å². The zero-order valence-corrected chi connectivity index (χ0v) is 26.8. The molecule has 0 bridgehead atoms. The Kier molecular flexibility index (Phi) is 9.36. The quantitative estimate of drug-likeness (QED) is 0.131. The molecule has 46 heavy (non-hydrogen) atoms. The summed E-state index contributed by atoms with van der Waals surface area (Å²) in [7, 11) is 3.92. The van der Waals surface area contributed by atoms with E-state index >= 15 is 0 Å². The smallest absolute Gasteiger partial charge is 0.272 e. The van der Waals surface area contributed by atoms with E-state index in [9.17, 15) is 14.4 Å². The molecule has 232 valence electrons. The second-order valence-corrected chi connectivity index (χ2v) is 12.6. The third-order valence-corrected chi connectivity index (χ3v) is 9.11. The number of carbonyl (C=O) groups is 3. The molecule has 1 aromatic heterocycles. The number of benzene rings is 4. The van der Waals surface area contributed by atoms with Crippen LogP contribution >= 0.6 is 11.8 Å². The lowest BCUT2D eigenvalue weighted by molar-refractivity contribution is -0.113. The number of fused-ring (bicyclic) bond motifs is 3. The number of para-hydroxylation sites is 1. The van der Waals surface area contributed by atoms with Gasteiger partial charge in [0, 0.05) is 47.0 Å². The van der Waals surface area contributed by atoms with E-state index in [2.05, 4.69) is 16.7 Å². The molecule has 0 saturated carbocycles. The summed E-state index contributed by atoms with van der Waals surface area (Å²) in [5.74, 6) is -0.518. The summed E-state index contributed by atoms with van der Waals surface area (Å²) in [5, 5.41) is 6.91. The van der Waals surface area contributed by atoms with Crippen LogP contribution in [0.2, 0.25) is 0 Å². The molecule has 0 radical (unpaired) electrons. The number of aryl methyl sites for hydroxylation is 1. The first-order valence-corrected chi connectivity index (χ1v) is 16.4. The molecule has 1 heterocycles. The fourth-order valence-corrected chi connectivity index (χ4v) is 6.63. The molecule has 2 amide bonds. The fraction of sp³-hybridized carbons (Fsp3) is 0.184. The summed E-state index contributed by atoms with van der Waals surface area (Å²) in [4.78, 5) is 43.1. The Morgan fingerprint density at radius 1 is 0.848 bits per heavy atom. The number of thioether (sulfide) groups is 1. The normalized spacial score (nSPS) is 12.8. The highest BCUT2D eigenvalue weighted by molar-refractivity contribution is 8.00. The maximum atomic E-state index is 13.6. The lowest BCUT2D eigenvalue weighted by Gasteiger charge is -2.15. The molecule has 7 nitrogen and oxygen atoms in total. The highest BCUT2D eigenvalue weighted by atomic mass is 32.2. The van der Waals surface area contributed by atoms with E-state index in [4.69, 9.17) is 0 Å². The van der Waals surface area contributed by atoms with E-state index in [1.54, 1.807) is 36.4 Å². The topological polar surface area (TPSA) is 83.4 Å². The minimum atomic E-state index is -0.454. The summed E-state index contributed by atoms with van der Waals surface area (Å²) < 4.78 is 1.92. The van der Waals surface area contributed by atoms with Crippen molar-refractivity contribution in [2.24, 2.45) is 0 Å². The Hall–Kier alpha value is -5.08. The summed E-state index contributed by atoms with van der Waals surface area (Å²) in [6.45, 7) is 0. The Morgan fingerprint density at radius 2 is 1.59 bits per heavy atom. The second kappa shape index (κ2) is 13.9. The summed E-state index contributed by atoms with van der Waals surface area (Å²) in [6.07, 6.45) is 5.83. The van der Waals surface area contributed by atoms with E-state index in [1.165, 1.54) is 22.7 Å². The molecule has 5 aromatic rings. The number of anilines is 2. The van der Waals surface area contributed by atoms with Crippen molar-refractivity contribution in [1.29, 1.82) is 0 Å². The van der Waals surface area contributed by atoms with Gasteiger partial charge in [0.15, 0.2) is 0 Å².